The summed E-state index contributed by atoms with van der Waals surface area (Å²) in [5, 5.41) is 6.04. The molecule has 2 saturated heterocycles. The van der Waals surface area contributed by atoms with Gasteiger partial charge in [-0.1, -0.05) is 0 Å². The zero-order valence-electron chi connectivity index (χ0n) is 11.8. The molecule has 2 aliphatic heterocycles. The van der Waals surface area contributed by atoms with Crippen LogP contribution in [-0.2, 0) is 4.79 Å². The number of amides is 3. The molecule has 114 valence electrons. The Balaban J connectivity index is 1.75. The Morgan fingerprint density at radius 1 is 1.45 bits per heavy atom. The van der Waals surface area contributed by atoms with Crippen molar-refractivity contribution in [2.45, 2.75) is 25.3 Å². The first-order chi connectivity index (χ1) is 9.65. The topological polar surface area (TPSA) is 87.5 Å². The highest BCUT2D eigenvalue weighted by molar-refractivity contribution is 7.99. The van der Waals surface area contributed by atoms with E-state index in [-0.39, 0.29) is 5.91 Å². The Morgan fingerprint density at radius 2 is 2.30 bits per heavy atom. The Hall–Kier alpha value is -0.950. The van der Waals surface area contributed by atoms with Crippen LogP contribution in [0.25, 0.3) is 0 Å². The lowest BCUT2D eigenvalue weighted by molar-refractivity contribution is -0.133. The maximum absolute atomic E-state index is 12.3. The predicted molar refractivity (Wildman–Crippen MR) is 80.6 cm³/mol. The maximum Gasteiger partial charge on any atom is 0.312 e. The molecule has 0 aliphatic carbocycles. The van der Waals surface area contributed by atoms with Gasteiger partial charge in [-0.05, 0) is 18.8 Å². The number of nitrogens with one attached hydrogen (secondary N) is 2. The van der Waals surface area contributed by atoms with Crippen LogP contribution in [0.3, 0.4) is 0 Å². The Morgan fingerprint density at radius 3 is 3.00 bits per heavy atom. The van der Waals surface area contributed by atoms with Crippen LogP contribution in [0.1, 0.15) is 19.3 Å². The van der Waals surface area contributed by atoms with Crippen LogP contribution in [-0.4, -0.2) is 60.6 Å². The van der Waals surface area contributed by atoms with Gasteiger partial charge in [0.1, 0.15) is 0 Å². The SMILES string of the molecule is NC(=O)NCC1CCCN(C(=O)CC2CSCCN2)C1. The van der Waals surface area contributed by atoms with E-state index in [9.17, 15) is 9.59 Å². The molecule has 0 spiro atoms. The summed E-state index contributed by atoms with van der Waals surface area (Å²) in [7, 11) is 0. The van der Waals surface area contributed by atoms with E-state index in [1.807, 2.05) is 16.7 Å². The normalized spacial score (nSPS) is 27.1. The van der Waals surface area contributed by atoms with E-state index in [0.717, 1.165) is 44.0 Å². The van der Waals surface area contributed by atoms with Crippen molar-refractivity contribution in [2.75, 3.05) is 37.7 Å². The third-order valence-corrected chi connectivity index (χ3v) is 4.99. The second kappa shape index (κ2) is 7.73. The first-order valence-electron chi connectivity index (χ1n) is 7.27. The smallest absolute Gasteiger partial charge is 0.312 e. The van der Waals surface area contributed by atoms with Gasteiger partial charge in [0.2, 0.25) is 5.91 Å². The summed E-state index contributed by atoms with van der Waals surface area (Å²) in [6.07, 6.45) is 2.63. The number of carbonyl (C=O) groups excluding carboxylic acids is 2. The van der Waals surface area contributed by atoms with Gasteiger partial charge in [-0.15, -0.1) is 0 Å². The van der Waals surface area contributed by atoms with Crippen LogP contribution in [0.4, 0.5) is 4.79 Å². The number of urea groups is 1. The van der Waals surface area contributed by atoms with Gasteiger partial charge in [-0.2, -0.15) is 11.8 Å². The quantitative estimate of drug-likeness (QED) is 0.681. The number of hydrogen-bond acceptors (Lipinski definition) is 4. The van der Waals surface area contributed by atoms with Crippen molar-refractivity contribution < 1.29 is 9.59 Å². The van der Waals surface area contributed by atoms with Gasteiger partial charge in [0.15, 0.2) is 0 Å². The molecule has 2 atom stereocenters. The number of nitrogens with zero attached hydrogens (tertiary/aromatic N) is 1. The molecule has 4 N–H and O–H groups in total. The van der Waals surface area contributed by atoms with Crippen LogP contribution in [0.5, 0.6) is 0 Å². The highest BCUT2D eigenvalue weighted by atomic mass is 32.2. The van der Waals surface area contributed by atoms with Gasteiger partial charge in [-0.3, -0.25) is 4.79 Å². The van der Waals surface area contributed by atoms with Crippen molar-refractivity contribution in [3.05, 3.63) is 0 Å². The maximum atomic E-state index is 12.3. The third kappa shape index (κ3) is 4.86. The number of hydrogen-bond donors (Lipinski definition) is 3. The molecule has 2 aliphatic rings. The van der Waals surface area contributed by atoms with E-state index in [1.165, 1.54) is 0 Å². The number of thioether (sulfide) groups is 1. The monoisotopic (exact) mass is 300 g/mol. The fourth-order valence-corrected chi connectivity index (χ4v) is 3.74. The lowest BCUT2D eigenvalue weighted by Gasteiger charge is -2.34. The largest absolute Gasteiger partial charge is 0.352 e. The lowest BCUT2D eigenvalue weighted by Crippen LogP contribution is -2.47. The van der Waals surface area contributed by atoms with Gasteiger partial charge >= 0.3 is 6.03 Å². The van der Waals surface area contributed by atoms with Crippen LogP contribution in [0, 0.1) is 5.92 Å². The highest BCUT2D eigenvalue weighted by Crippen LogP contribution is 2.18. The van der Waals surface area contributed by atoms with E-state index < -0.39 is 6.03 Å². The highest BCUT2D eigenvalue weighted by Gasteiger charge is 2.26. The second-order valence-electron chi connectivity index (χ2n) is 5.52. The van der Waals surface area contributed by atoms with Gasteiger partial charge in [0.25, 0.3) is 0 Å². The summed E-state index contributed by atoms with van der Waals surface area (Å²) >= 11 is 1.91. The Labute approximate surface area is 124 Å². The molecular formula is C13H24N4O2S. The van der Waals surface area contributed by atoms with E-state index in [1.54, 1.807) is 0 Å². The zero-order valence-corrected chi connectivity index (χ0v) is 12.6. The summed E-state index contributed by atoms with van der Waals surface area (Å²) in [6, 6.07) is -0.178. The Kier molecular flexibility index (Phi) is 5.97. The molecule has 20 heavy (non-hydrogen) atoms. The second-order valence-corrected chi connectivity index (χ2v) is 6.67. The number of likely N-dealkylation sites (tertiary alicyclic amines) is 1. The first kappa shape index (κ1) is 15.4. The molecule has 0 aromatic carbocycles. The molecule has 0 saturated carbocycles. The molecule has 0 aromatic rings. The van der Waals surface area contributed by atoms with E-state index >= 15 is 0 Å². The lowest BCUT2D eigenvalue weighted by atomic mass is 9.97. The van der Waals surface area contributed by atoms with E-state index in [0.29, 0.717) is 24.9 Å². The molecule has 2 fully saturated rings. The molecular weight excluding hydrogens is 276 g/mol. The zero-order chi connectivity index (χ0) is 14.4. The molecule has 2 rings (SSSR count). The van der Waals surface area contributed by atoms with Crippen molar-refractivity contribution in [2.24, 2.45) is 11.7 Å². The standard InChI is InChI=1S/C13H24N4O2S/c14-13(19)16-7-10-2-1-4-17(8-10)12(18)6-11-9-20-5-3-15-11/h10-11,15H,1-9H2,(H3,14,16,19). The summed E-state index contributed by atoms with van der Waals surface area (Å²) in [5.74, 6) is 2.71. The molecule has 0 aromatic heterocycles. The van der Waals surface area contributed by atoms with Crippen molar-refractivity contribution in [3.63, 3.8) is 0 Å². The third-order valence-electron chi connectivity index (χ3n) is 3.86. The van der Waals surface area contributed by atoms with Crippen molar-refractivity contribution in [1.29, 1.82) is 0 Å². The van der Waals surface area contributed by atoms with Crippen molar-refractivity contribution in [3.8, 4) is 0 Å². The van der Waals surface area contributed by atoms with E-state index in [2.05, 4.69) is 10.6 Å². The molecule has 7 heteroatoms. The van der Waals surface area contributed by atoms with Gasteiger partial charge in [0, 0.05) is 50.1 Å². The fraction of sp³-hybridized carbons (Fsp3) is 0.846. The summed E-state index contributed by atoms with van der Waals surface area (Å²) in [4.78, 5) is 25.0. The van der Waals surface area contributed by atoms with Gasteiger partial charge in [0.05, 0.1) is 0 Å². The molecule has 0 bridgehead atoms. The van der Waals surface area contributed by atoms with Gasteiger partial charge < -0.3 is 21.3 Å². The van der Waals surface area contributed by atoms with Gasteiger partial charge in [-0.25, -0.2) is 4.79 Å². The van der Waals surface area contributed by atoms with Crippen LogP contribution < -0.4 is 16.4 Å². The summed E-state index contributed by atoms with van der Waals surface area (Å²) in [5.41, 5.74) is 5.09. The van der Waals surface area contributed by atoms with Crippen molar-refractivity contribution in [1.82, 2.24) is 15.5 Å². The molecule has 2 unspecified atom stereocenters. The minimum Gasteiger partial charge on any atom is -0.352 e. The Bertz CT molecular complexity index is 347. The minimum absolute atomic E-state index is 0.230. The predicted octanol–water partition coefficient (Wildman–Crippen LogP) is -0.0116. The molecule has 3 amide bonds. The minimum atomic E-state index is -0.489. The summed E-state index contributed by atoms with van der Waals surface area (Å²) < 4.78 is 0. The van der Waals surface area contributed by atoms with Crippen LogP contribution in [0.2, 0.25) is 0 Å². The average molecular weight is 300 g/mol. The number of primary amides is 1. The van der Waals surface area contributed by atoms with Crippen LogP contribution in [0.15, 0.2) is 0 Å². The fourth-order valence-electron chi connectivity index (χ4n) is 2.79. The number of carbonyl (C=O) groups is 2. The molecule has 0 radical (unpaired) electrons. The average Bonchev–Trinajstić information content (AvgIpc) is 2.46. The first-order valence-corrected chi connectivity index (χ1v) is 8.43. The summed E-state index contributed by atoms with van der Waals surface area (Å²) in [6.45, 7) is 3.13. The number of piperidine rings is 1. The molecule has 6 nitrogen and oxygen atoms in total. The van der Waals surface area contributed by atoms with E-state index in [4.69, 9.17) is 5.73 Å². The molecule has 2 heterocycles. The van der Waals surface area contributed by atoms with Crippen LogP contribution >= 0.6 is 11.8 Å². The number of nitrogens with two attached hydrogens (primary N) is 1. The van der Waals surface area contributed by atoms with Crippen molar-refractivity contribution >= 4 is 23.7 Å². The number of rotatable bonds is 4.